The maximum atomic E-state index is 12.6. The van der Waals surface area contributed by atoms with Gasteiger partial charge in [-0.1, -0.05) is 12.1 Å². The van der Waals surface area contributed by atoms with Gasteiger partial charge in [-0.3, -0.25) is 4.79 Å². The summed E-state index contributed by atoms with van der Waals surface area (Å²) >= 11 is 0. The molecule has 8 heteroatoms. The number of ether oxygens (including phenoxy) is 1. The van der Waals surface area contributed by atoms with Crippen LogP contribution in [0.2, 0.25) is 0 Å². The van der Waals surface area contributed by atoms with Crippen LogP contribution < -0.4 is 4.74 Å². The molecule has 1 aromatic carbocycles. The van der Waals surface area contributed by atoms with Gasteiger partial charge in [0.1, 0.15) is 5.75 Å². The molecule has 0 bridgehead atoms. The predicted molar refractivity (Wildman–Crippen MR) is 87.3 cm³/mol. The second-order valence-electron chi connectivity index (χ2n) is 7.24. The fourth-order valence-corrected chi connectivity index (χ4v) is 2.57. The molecule has 0 aliphatic carbocycles. The van der Waals surface area contributed by atoms with Crippen LogP contribution in [0.1, 0.15) is 44.0 Å². The molecule has 2 rings (SSSR count). The molecule has 0 atom stereocenters. The van der Waals surface area contributed by atoms with Crippen molar-refractivity contribution in [2.75, 3.05) is 13.1 Å². The van der Waals surface area contributed by atoms with Crippen LogP contribution in [0.15, 0.2) is 24.3 Å². The average Bonchev–Trinajstić information content (AvgIpc) is 2.53. The topological polar surface area (TPSA) is 55.8 Å². The Morgan fingerprint density at radius 3 is 2.19 bits per heavy atom. The highest BCUT2D eigenvalue weighted by molar-refractivity contribution is 6.00. The van der Waals surface area contributed by atoms with E-state index in [0.29, 0.717) is 25.9 Å². The Bertz CT molecular complexity index is 659. The van der Waals surface area contributed by atoms with E-state index in [0.717, 1.165) is 6.07 Å². The number of halogens is 3. The Labute approximate surface area is 150 Å². The fraction of sp³-hybridized carbons (Fsp3) is 0.556. The highest BCUT2D eigenvalue weighted by Crippen LogP contribution is 2.31. The lowest BCUT2D eigenvalue weighted by Crippen LogP contribution is -2.40. The van der Waals surface area contributed by atoms with Gasteiger partial charge in [-0.2, -0.15) is 0 Å². The van der Waals surface area contributed by atoms with E-state index in [4.69, 9.17) is 4.84 Å². The number of para-hydroxylation sites is 1. The normalized spacial score (nSPS) is 17.0. The van der Waals surface area contributed by atoms with E-state index in [2.05, 4.69) is 4.74 Å². The smallest absolute Gasteiger partial charge is 0.405 e. The number of piperidine rings is 1. The molecule has 0 radical (unpaired) electrons. The van der Waals surface area contributed by atoms with Crippen LogP contribution in [0.5, 0.6) is 5.75 Å². The molecule has 0 aromatic heterocycles. The van der Waals surface area contributed by atoms with Crippen LogP contribution in [0.3, 0.4) is 0 Å². The molecule has 0 saturated carbocycles. The van der Waals surface area contributed by atoms with E-state index in [1.807, 2.05) is 0 Å². The molecule has 0 N–H and O–H groups in total. The zero-order valence-electron chi connectivity index (χ0n) is 14.9. The molecule has 1 fully saturated rings. The van der Waals surface area contributed by atoms with E-state index in [1.165, 1.54) is 23.3 Å². The van der Waals surface area contributed by atoms with Gasteiger partial charge < -0.3 is 9.57 Å². The van der Waals surface area contributed by atoms with Gasteiger partial charge in [0.2, 0.25) is 0 Å². The molecule has 5 nitrogen and oxygen atoms in total. The average molecular weight is 373 g/mol. The summed E-state index contributed by atoms with van der Waals surface area (Å²) in [4.78, 5) is 29.8. The van der Waals surface area contributed by atoms with Crippen molar-refractivity contribution in [2.45, 2.75) is 40.0 Å². The van der Waals surface area contributed by atoms with E-state index < -0.39 is 29.2 Å². The van der Waals surface area contributed by atoms with Crippen molar-refractivity contribution in [2.24, 2.45) is 11.3 Å². The van der Waals surface area contributed by atoms with E-state index >= 15 is 0 Å². The molecule has 144 valence electrons. The predicted octanol–water partition coefficient (Wildman–Crippen LogP) is 3.98. The Morgan fingerprint density at radius 1 is 1.08 bits per heavy atom. The second-order valence-corrected chi connectivity index (χ2v) is 7.24. The van der Waals surface area contributed by atoms with Gasteiger partial charge in [-0.05, 0) is 45.7 Å². The van der Waals surface area contributed by atoms with Crippen LogP contribution >= 0.6 is 0 Å². The van der Waals surface area contributed by atoms with E-state index in [1.54, 1.807) is 20.8 Å². The minimum absolute atomic E-state index is 0.0880. The van der Waals surface area contributed by atoms with Crippen molar-refractivity contribution in [3.63, 3.8) is 0 Å². The van der Waals surface area contributed by atoms with Gasteiger partial charge in [0.25, 0.3) is 0 Å². The van der Waals surface area contributed by atoms with Crippen LogP contribution in [0, 0.1) is 11.3 Å². The van der Waals surface area contributed by atoms with Gasteiger partial charge in [-0.25, -0.2) is 4.79 Å². The van der Waals surface area contributed by atoms with Crippen molar-refractivity contribution < 1.29 is 32.3 Å². The largest absolute Gasteiger partial charge is 0.573 e. The van der Waals surface area contributed by atoms with Crippen molar-refractivity contribution >= 4 is 11.8 Å². The number of Topliss-reactive ketones (excluding diaryl/α,β-unsaturated/α-hetero) is 1. The van der Waals surface area contributed by atoms with Gasteiger partial charge in [0.15, 0.2) is 5.78 Å². The molecule has 1 aliphatic rings. The number of hydrogen-bond acceptors (Lipinski definition) is 5. The summed E-state index contributed by atoms with van der Waals surface area (Å²) in [6.45, 7) is 5.91. The summed E-state index contributed by atoms with van der Waals surface area (Å²) in [5.74, 6) is -1.71. The molecular weight excluding hydrogens is 351 g/mol. The SMILES string of the molecule is CC(C)(C)C(=O)ON1CCC(C(=O)c2ccccc2OC(F)(F)F)CC1. The third kappa shape index (κ3) is 5.45. The number of hydrogen-bond donors (Lipinski definition) is 0. The van der Waals surface area contributed by atoms with Gasteiger partial charge in [-0.15, -0.1) is 18.2 Å². The summed E-state index contributed by atoms with van der Waals surface area (Å²) < 4.78 is 41.5. The highest BCUT2D eigenvalue weighted by Gasteiger charge is 2.35. The number of rotatable bonds is 4. The summed E-state index contributed by atoms with van der Waals surface area (Å²) in [5, 5.41) is 1.50. The van der Waals surface area contributed by atoms with Gasteiger partial charge in [0.05, 0.1) is 11.0 Å². The first-order valence-electron chi connectivity index (χ1n) is 8.34. The zero-order chi connectivity index (χ0) is 19.5. The van der Waals surface area contributed by atoms with Crippen LogP contribution in [-0.4, -0.2) is 36.3 Å². The van der Waals surface area contributed by atoms with Crippen LogP contribution in [-0.2, 0) is 9.63 Å². The molecular formula is C18H22F3NO4. The molecule has 1 saturated heterocycles. The quantitative estimate of drug-likeness (QED) is 0.747. The number of carbonyl (C=O) groups excluding carboxylic acids is 2. The van der Waals surface area contributed by atoms with Crippen molar-refractivity contribution in [3.8, 4) is 5.75 Å². The number of nitrogens with zero attached hydrogens (tertiary/aromatic N) is 1. The molecule has 26 heavy (non-hydrogen) atoms. The third-order valence-electron chi connectivity index (χ3n) is 4.03. The second kappa shape index (κ2) is 7.65. The Hall–Kier alpha value is -2.09. The summed E-state index contributed by atoms with van der Waals surface area (Å²) in [7, 11) is 0. The van der Waals surface area contributed by atoms with Crippen LogP contribution in [0.25, 0.3) is 0 Å². The van der Waals surface area contributed by atoms with Gasteiger partial charge >= 0.3 is 12.3 Å². The third-order valence-corrected chi connectivity index (χ3v) is 4.03. The minimum atomic E-state index is -4.86. The maximum Gasteiger partial charge on any atom is 0.573 e. The number of benzene rings is 1. The van der Waals surface area contributed by atoms with Crippen molar-refractivity contribution in [1.29, 1.82) is 0 Å². The summed E-state index contributed by atoms with van der Waals surface area (Å²) in [6, 6.07) is 5.33. The number of hydroxylamine groups is 2. The highest BCUT2D eigenvalue weighted by atomic mass is 19.4. The van der Waals surface area contributed by atoms with Gasteiger partial charge in [0, 0.05) is 19.0 Å². The molecule has 1 heterocycles. The Balaban J connectivity index is 2.00. The van der Waals surface area contributed by atoms with Crippen molar-refractivity contribution in [3.05, 3.63) is 29.8 Å². The van der Waals surface area contributed by atoms with E-state index in [9.17, 15) is 22.8 Å². The first kappa shape index (κ1) is 20.2. The fourth-order valence-electron chi connectivity index (χ4n) is 2.57. The van der Waals surface area contributed by atoms with Crippen LogP contribution in [0.4, 0.5) is 13.2 Å². The number of carbonyl (C=O) groups is 2. The first-order chi connectivity index (χ1) is 12.0. The lowest BCUT2D eigenvalue weighted by molar-refractivity contribution is -0.274. The van der Waals surface area contributed by atoms with Crippen molar-refractivity contribution in [1.82, 2.24) is 5.06 Å². The first-order valence-corrected chi connectivity index (χ1v) is 8.34. The molecule has 1 aliphatic heterocycles. The number of ketones is 1. The molecule has 1 aromatic rings. The number of alkyl halides is 3. The minimum Gasteiger partial charge on any atom is -0.405 e. The zero-order valence-corrected chi connectivity index (χ0v) is 14.9. The monoisotopic (exact) mass is 373 g/mol. The maximum absolute atomic E-state index is 12.6. The van der Waals surface area contributed by atoms with E-state index in [-0.39, 0.29) is 11.5 Å². The lowest BCUT2D eigenvalue weighted by atomic mass is 9.89. The lowest BCUT2D eigenvalue weighted by Gasteiger charge is -2.31. The Kier molecular flexibility index (Phi) is 5.95. The summed E-state index contributed by atoms with van der Waals surface area (Å²) in [6.07, 6.45) is -4.09. The standard InChI is InChI=1S/C18H22F3NO4/c1-17(2,3)16(24)26-22-10-8-12(9-11-22)15(23)13-6-4-5-7-14(13)25-18(19,20)21/h4-7,12H,8-11H2,1-3H3. The summed E-state index contributed by atoms with van der Waals surface area (Å²) in [5.41, 5.74) is -0.726. The molecule has 0 unspecified atom stereocenters. The Morgan fingerprint density at radius 2 is 1.65 bits per heavy atom. The molecule has 0 spiro atoms. The molecule has 0 amide bonds.